The van der Waals surface area contributed by atoms with E-state index >= 15 is 0 Å². The average molecular weight is 457 g/mol. The number of aromatic nitrogens is 1. The molecule has 1 aromatic heterocycles. The van der Waals surface area contributed by atoms with E-state index in [-0.39, 0.29) is 15.8 Å². The Hall–Kier alpha value is -1.72. The summed E-state index contributed by atoms with van der Waals surface area (Å²) in [6, 6.07) is 8.85. The minimum Gasteiger partial charge on any atom is -0.353 e. The molecule has 8 nitrogen and oxygen atoms in total. The molecule has 1 aromatic carbocycles. The molecule has 156 valence electrons. The Balaban J connectivity index is 1.46. The molecule has 0 atom stereocenters. The van der Waals surface area contributed by atoms with Crippen LogP contribution in [0.4, 0.5) is 5.82 Å². The topological polar surface area (TPSA) is 99.7 Å². The van der Waals surface area contributed by atoms with Crippen molar-refractivity contribution in [3.05, 3.63) is 47.6 Å². The molecule has 1 aliphatic heterocycles. The van der Waals surface area contributed by atoms with Crippen LogP contribution < -0.4 is 9.62 Å². The van der Waals surface area contributed by atoms with Crippen molar-refractivity contribution in [1.29, 1.82) is 0 Å². The number of hydrogen-bond acceptors (Lipinski definition) is 6. The second-order valence-corrected chi connectivity index (χ2v) is 11.1. The SMILES string of the molecule is O=S(=O)(NC1CC1)c1ccc(S(=O)(=O)N2CCN(c3ncccc3Cl)CC2)cc1. The van der Waals surface area contributed by atoms with E-state index in [2.05, 4.69) is 9.71 Å². The lowest BCUT2D eigenvalue weighted by molar-refractivity contribution is 0.384. The third-order valence-electron chi connectivity index (χ3n) is 4.95. The zero-order valence-electron chi connectivity index (χ0n) is 15.5. The van der Waals surface area contributed by atoms with E-state index in [9.17, 15) is 16.8 Å². The molecule has 1 N–H and O–H groups in total. The predicted octanol–water partition coefficient (Wildman–Crippen LogP) is 1.69. The van der Waals surface area contributed by atoms with Gasteiger partial charge < -0.3 is 4.90 Å². The maximum absolute atomic E-state index is 12.9. The van der Waals surface area contributed by atoms with E-state index in [0.717, 1.165) is 12.8 Å². The molecule has 2 aromatic rings. The van der Waals surface area contributed by atoms with E-state index in [1.54, 1.807) is 18.3 Å². The van der Waals surface area contributed by atoms with Crippen molar-refractivity contribution >= 4 is 37.5 Å². The minimum absolute atomic E-state index is 0.00712. The molecule has 4 rings (SSSR count). The van der Waals surface area contributed by atoms with Crippen LogP contribution in [-0.4, -0.2) is 58.3 Å². The summed E-state index contributed by atoms with van der Waals surface area (Å²) in [5.41, 5.74) is 0. The van der Waals surface area contributed by atoms with E-state index < -0.39 is 20.0 Å². The standard InChI is InChI=1S/C18H21ClN4O4S2/c19-17-2-1-9-20-18(17)22-10-12-23(13-11-22)29(26,27)16-7-5-15(6-8-16)28(24,25)21-14-3-4-14/h1-2,5-9,14,21H,3-4,10-13H2. The maximum Gasteiger partial charge on any atom is 0.243 e. The van der Waals surface area contributed by atoms with Crippen LogP contribution >= 0.6 is 11.6 Å². The molecule has 0 unspecified atom stereocenters. The Morgan fingerprint density at radius 1 is 0.931 bits per heavy atom. The highest BCUT2D eigenvalue weighted by Crippen LogP contribution is 2.26. The van der Waals surface area contributed by atoms with Crippen LogP contribution in [0.5, 0.6) is 0 Å². The lowest BCUT2D eigenvalue weighted by Crippen LogP contribution is -2.49. The van der Waals surface area contributed by atoms with Gasteiger partial charge in [-0.05, 0) is 49.2 Å². The molecule has 11 heteroatoms. The third-order valence-corrected chi connectivity index (χ3v) is 8.69. The second-order valence-electron chi connectivity index (χ2n) is 7.07. The predicted molar refractivity (Wildman–Crippen MR) is 110 cm³/mol. The van der Waals surface area contributed by atoms with E-state index in [1.807, 2.05) is 4.90 Å². The summed E-state index contributed by atoms with van der Waals surface area (Å²) in [5.74, 6) is 0.643. The maximum atomic E-state index is 12.9. The van der Waals surface area contributed by atoms with Crippen LogP contribution in [-0.2, 0) is 20.0 Å². The number of rotatable bonds is 6. The van der Waals surface area contributed by atoms with Gasteiger partial charge in [0.1, 0.15) is 5.82 Å². The van der Waals surface area contributed by atoms with Crippen LogP contribution in [0.25, 0.3) is 0 Å². The lowest BCUT2D eigenvalue weighted by atomic mass is 10.3. The summed E-state index contributed by atoms with van der Waals surface area (Å²) in [6.45, 7) is 1.51. The number of nitrogens with zero attached hydrogens (tertiary/aromatic N) is 3. The molecule has 2 heterocycles. The fourth-order valence-corrected chi connectivity index (χ4v) is 6.15. The highest BCUT2D eigenvalue weighted by Gasteiger charge is 2.31. The van der Waals surface area contributed by atoms with Crippen molar-refractivity contribution in [3.8, 4) is 0 Å². The molecule has 1 saturated heterocycles. The molecule has 0 spiro atoms. The Bertz CT molecular complexity index is 1090. The Kier molecular flexibility index (Phi) is 5.56. The number of hydrogen-bond donors (Lipinski definition) is 1. The molecule has 0 bridgehead atoms. The van der Waals surface area contributed by atoms with Crippen molar-refractivity contribution in [3.63, 3.8) is 0 Å². The van der Waals surface area contributed by atoms with Gasteiger partial charge in [-0.2, -0.15) is 4.31 Å². The molecule has 2 aliphatic rings. The van der Waals surface area contributed by atoms with Gasteiger partial charge in [-0.25, -0.2) is 26.5 Å². The number of piperazine rings is 1. The fraction of sp³-hybridized carbons (Fsp3) is 0.389. The normalized spacial score (nSPS) is 18.7. The first-order chi connectivity index (χ1) is 13.8. The van der Waals surface area contributed by atoms with Gasteiger partial charge in [0.05, 0.1) is 14.8 Å². The molecular formula is C18H21ClN4O4S2. The lowest BCUT2D eigenvalue weighted by Gasteiger charge is -2.35. The van der Waals surface area contributed by atoms with Crippen LogP contribution in [0.15, 0.2) is 52.4 Å². The van der Waals surface area contributed by atoms with Crippen LogP contribution in [0.1, 0.15) is 12.8 Å². The second kappa shape index (κ2) is 7.84. The highest BCUT2D eigenvalue weighted by molar-refractivity contribution is 7.89. The van der Waals surface area contributed by atoms with Gasteiger partial charge in [0.25, 0.3) is 0 Å². The van der Waals surface area contributed by atoms with Crippen molar-refractivity contribution in [1.82, 2.24) is 14.0 Å². The Morgan fingerprint density at radius 2 is 1.55 bits per heavy atom. The van der Waals surface area contributed by atoms with Gasteiger partial charge in [0, 0.05) is 38.4 Å². The van der Waals surface area contributed by atoms with Crippen molar-refractivity contribution in [2.75, 3.05) is 31.1 Å². The van der Waals surface area contributed by atoms with E-state index in [4.69, 9.17) is 11.6 Å². The van der Waals surface area contributed by atoms with Gasteiger partial charge in [0.2, 0.25) is 20.0 Å². The van der Waals surface area contributed by atoms with Crippen LogP contribution in [0, 0.1) is 0 Å². The molecule has 0 radical (unpaired) electrons. The number of halogens is 1. The monoisotopic (exact) mass is 456 g/mol. The molecule has 29 heavy (non-hydrogen) atoms. The number of anilines is 1. The summed E-state index contributed by atoms with van der Waals surface area (Å²) in [7, 11) is -7.32. The fourth-order valence-electron chi connectivity index (χ4n) is 3.18. The minimum atomic E-state index is -3.71. The van der Waals surface area contributed by atoms with Gasteiger partial charge >= 0.3 is 0 Å². The van der Waals surface area contributed by atoms with E-state index in [0.29, 0.717) is 37.0 Å². The van der Waals surface area contributed by atoms with Gasteiger partial charge in [-0.1, -0.05) is 11.6 Å². The van der Waals surface area contributed by atoms with E-state index in [1.165, 1.54) is 28.6 Å². The zero-order valence-corrected chi connectivity index (χ0v) is 17.9. The molecule has 1 aliphatic carbocycles. The number of nitrogens with one attached hydrogen (secondary N) is 1. The quantitative estimate of drug-likeness (QED) is 0.710. The van der Waals surface area contributed by atoms with Gasteiger partial charge in [-0.15, -0.1) is 0 Å². The van der Waals surface area contributed by atoms with Crippen molar-refractivity contribution in [2.45, 2.75) is 28.7 Å². The van der Waals surface area contributed by atoms with Crippen molar-refractivity contribution in [2.24, 2.45) is 0 Å². The van der Waals surface area contributed by atoms with Crippen LogP contribution in [0.2, 0.25) is 5.02 Å². The smallest absolute Gasteiger partial charge is 0.243 e. The van der Waals surface area contributed by atoms with Gasteiger partial charge in [0.15, 0.2) is 0 Å². The molecule has 2 fully saturated rings. The average Bonchev–Trinajstić information content (AvgIpc) is 3.52. The Labute approximate surface area is 175 Å². The summed E-state index contributed by atoms with van der Waals surface area (Å²) in [6.07, 6.45) is 3.32. The molecule has 0 amide bonds. The highest BCUT2D eigenvalue weighted by atomic mass is 35.5. The third kappa shape index (κ3) is 4.41. The molecule has 1 saturated carbocycles. The summed E-state index contributed by atoms with van der Waals surface area (Å²) < 4.78 is 54.4. The summed E-state index contributed by atoms with van der Waals surface area (Å²) >= 11 is 6.18. The molecular weight excluding hydrogens is 436 g/mol. The first-order valence-electron chi connectivity index (χ1n) is 9.25. The Morgan fingerprint density at radius 3 is 2.14 bits per heavy atom. The summed E-state index contributed by atoms with van der Waals surface area (Å²) in [4.78, 5) is 6.36. The van der Waals surface area contributed by atoms with Gasteiger partial charge in [-0.3, -0.25) is 0 Å². The number of sulfonamides is 2. The number of benzene rings is 1. The largest absolute Gasteiger partial charge is 0.353 e. The summed E-state index contributed by atoms with van der Waals surface area (Å²) in [5, 5.41) is 0.528. The van der Waals surface area contributed by atoms with Crippen molar-refractivity contribution < 1.29 is 16.8 Å². The number of pyridine rings is 1. The first kappa shape index (κ1) is 20.5. The zero-order chi connectivity index (χ0) is 20.6. The van der Waals surface area contributed by atoms with Crippen LogP contribution in [0.3, 0.4) is 0 Å². The first-order valence-corrected chi connectivity index (χ1v) is 12.6.